The molecule has 1 aromatic carbocycles. The Kier molecular flexibility index (Phi) is 3.99. The Morgan fingerprint density at radius 2 is 2.29 bits per heavy atom. The fraction of sp³-hybridized carbons (Fsp3) is 0.500. The molecule has 1 aromatic rings. The minimum atomic E-state index is -0.462. The van der Waals surface area contributed by atoms with Crippen molar-refractivity contribution in [1.29, 1.82) is 0 Å². The summed E-state index contributed by atoms with van der Waals surface area (Å²) >= 11 is 5.72. The molecular weight excluding hydrogens is 245 g/mol. The standard InChI is InChI=1S/C12H15ClFNO2/c1-15(11-6-17-7-12(11)16)5-8-2-3-10(14)9(13)4-8/h2-4,11-12,16H,5-7H2,1H3/t11-,12-/m0/s1. The molecule has 1 N–H and O–H groups in total. The van der Waals surface area contributed by atoms with Gasteiger partial charge in [-0.05, 0) is 24.7 Å². The number of likely N-dealkylation sites (N-methyl/N-ethyl adjacent to an activating group) is 1. The van der Waals surface area contributed by atoms with Gasteiger partial charge in [-0.25, -0.2) is 4.39 Å². The van der Waals surface area contributed by atoms with Crippen molar-refractivity contribution in [3.8, 4) is 0 Å². The molecule has 1 fully saturated rings. The minimum Gasteiger partial charge on any atom is -0.389 e. The van der Waals surface area contributed by atoms with Gasteiger partial charge in [-0.2, -0.15) is 0 Å². The number of hydrogen-bond donors (Lipinski definition) is 1. The molecule has 0 saturated carbocycles. The van der Waals surface area contributed by atoms with Gasteiger partial charge >= 0.3 is 0 Å². The molecule has 94 valence electrons. The van der Waals surface area contributed by atoms with Crippen LogP contribution < -0.4 is 0 Å². The molecule has 2 rings (SSSR count). The first kappa shape index (κ1) is 12.8. The highest BCUT2D eigenvalue weighted by Crippen LogP contribution is 2.19. The molecule has 1 heterocycles. The fourth-order valence-electron chi connectivity index (χ4n) is 2.00. The lowest BCUT2D eigenvalue weighted by molar-refractivity contribution is 0.0925. The molecule has 0 bridgehead atoms. The predicted octanol–water partition coefficient (Wildman–Crippen LogP) is 1.67. The van der Waals surface area contributed by atoms with E-state index >= 15 is 0 Å². The average Bonchev–Trinajstić information content (AvgIpc) is 2.70. The SMILES string of the molecule is CN(Cc1ccc(F)c(Cl)c1)[C@H]1COC[C@@H]1O. The number of halogens is 2. The first-order chi connectivity index (χ1) is 8.08. The fourth-order valence-corrected chi connectivity index (χ4v) is 2.20. The normalized spacial score (nSPS) is 24.5. The lowest BCUT2D eigenvalue weighted by Crippen LogP contribution is -2.39. The summed E-state index contributed by atoms with van der Waals surface area (Å²) in [5.41, 5.74) is 0.915. The van der Waals surface area contributed by atoms with Crippen LogP contribution in [0.2, 0.25) is 5.02 Å². The van der Waals surface area contributed by atoms with Crippen molar-refractivity contribution in [3.05, 3.63) is 34.6 Å². The van der Waals surface area contributed by atoms with Gasteiger partial charge in [-0.3, -0.25) is 4.90 Å². The van der Waals surface area contributed by atoms with Crippen LogP contribution in [0.5, 0.6) is 0 Å². The highest BCUT2D eigenvalue weighted by molar-refractivity contribution is 6.30. The van der Waals surface area contributed by atoms with E-state index in [0.29, 0.717) is 19.8 Å². The van der Waals surface area contributed by atoms with Gasteiger partial charge in [0.1, 0.15) is 5.82 Å². The summed E-state index contributed by atoms with van der Waals surface area (Å²) < 4.78 is 18.2. The highest BCUT2D eigenvalue weighted by atomic mass is 35.5. The molecule has 1 aliphatic rings. The molecular formula is C12H15ClFNO2. The van der Waals surface area contributed by atoms with E-state index in [1.807, 2.05) is 11.9 Å². The lowest BCUT2D eigenvalue weighted by Gasteiger charge is -2.25. The zero-order valence-corrected chi connectivity index (χ0v) is 10.3. The number of ether oxygens (including phenoxy) is 1. The number of aliphatic hydroxyl groups is 1. The number of rotatable bonds is 3. The Morgan fingerprint density at radius 1 is 1.53 bits per heavy atom. The van der Waals surface area contributed by atoms with E-state index in [2.05, 4.69) is 0 Å². The molecule has 0 unspecified atom stereocenters. The maximum Gasteiger partial charge on any atom is 0.141 e. The number of nitrogens with zero attached hydrogens (tertiary/aromatic N) is 1. The maximum absolute atomic E-state index is 13.0. The molecule has 0 spiro atoms. The Bertz CT molecular complexity index is 402. The molecule has 0 amide bonds. The summed E-state index contributed by atoms with van der Waals surface area (Å²) in [6, 6.07) is 4.64. The van der Waals surface area contributed by atoms with Crippen LogP contribution in [0.15, 0.2) is 18.2 Å². The Hall–Kier alpha value is -0.680. The second-order valence-corrected chi connectivity index (χ2v) is 4.74. The Labute approximate surface area is 105 Å². The van der Waals surface area contributed by atoms with Crippen LogP contribution in [0.1, 0.15) is 5.56 Å². The van der Waals surface area contributed by atoms with Gasteiger partial charge < -0.3 is 9.84 Å². The van der Waals surface area contributed by atoms with Crippen LogP contribution in [0, 0.1) is 5.82 Å². The third-order valence-corrected chi connectivity index (χ3v) is 3.29. The molecule has 2 atom stereocenters. The first-order valence-electron chi connectivity index (χ1n) is 5.48. The van der Waals surface area contributed by atoms with E-state index in [4.69, 9.17) is 16.3 Å². The molecule has 0 aromatic heterocycles. The van der Waals surface area contributed by atoms with Crippen molar-refractivity contribution in [2.45, 2.75) is 18.7 Å². The van der Waals surface area contributed by atoms with Crippen molar-refractivity contribution in [2.24, 2.45) is 0 Å². The number of aliphatic hydroxyl groups excluding tert-OH is 1. The average molecular weight is 260 g/mol. The monoisotopic (exact) mass is 259 g/mol. The quantitative estimate of drug-likeness (QED) is 0.896. The third kappa shape index (κ3) is 2.96. The predicted molar refractivity (Wildman–Crippen MR) is 63.5 cm³/mol. The molecule has 0 radical (unpaired) electrons. The smallest absolute Gasteiger partial charge is 0.141 e. The van der Waals surface area contributed by atoms with Crippen LogP contribution in [0.25, 0.3) is 0 Å². The van der Waals surface area contributed by atoms with Crippen molar-refractivity contribution in [1.82, 2.24) is 4.90 Å². The summed E-state index contributed by atoms with van der Waals surface area (Å²) in [4.78, 5) is 1.99. The Balaban J connectivity index is 2.02. The second-order valence-electron chi connectivity index (χ2n) is 4.34. The van der Waals surface area contributed by atoms with Crippen LogP contribution >= 0.6 is 11.6 Å². The lowest BCUT2D eigenvalue weighted by atomic mass is 10.1. The summed E-state index contributed by atoms with van der Waals surface area (Å²) in [5.74, 6) is -0.415. The van der Waals surface area contributed by atoms with Crippen LogP contribution in [0.4, 0.5) is 4.39 Å². The zero-order valence-electron chi connectivity index (χ0n) is 9.57. The Morgan fingerprint density at radius 3 is 2.88 bits per heavy atom. The van der Waals surface area contributed by atoms with Gasteiger partial charge in [-0.15, -0.1) is 0 Å². The summed E-state index contributed by atoms with van der Waals surface area (Å²) in [5, 5.41) is 9.81. The molecule has 1 aliphatic heterocycles. The van der Waals surface area contributed by atoms with Gasteiger partial charge in [0, 0.05) is 6.54 Å². The summed E-state index contributed by atoms with van der Waals surface area (Å²) in [6.45, 7) is 1.50. The summed E-state index contributed by atoms with van der Waals surface area (Å²) in [7, 11) is 1.90. The van der Waals surface area contributed by atoms with Gasteiger partial charge in [-0.1, -0.05) is 17.7 Å². The maximum atomic E-state index is 13.0. The third-order valence-electron chi connectivity index (χ3n) is 3.00. The van der Waals surface area contributed by atoms with Crippen molar-refractivity contribution in [2.75, 3.05) is 20.3 Å². The molecule has 5 heteroatoms. The van der Waals surface area contributed by atoms with Crippen LogP contribution in [-0.2, 0) is 11.3 Å². The van der Waals surface area contributed by atoms with Gasteiger partial charge in [0.2, 0.25) is 0 Å². The number of hydrogen-bond acceptors (Lipinski definition) is 3. The van der Waals surface area contributed by atoms with Crippen molar-refractivity contribution < 1.29 is 14.2 Å². The molecule has 1 saturated heterocycles. The van der Waals surface area contributed by atoms with E-state index in [0.717, 1.165) is 5.56 Å². The van der Waals surface area contributed by atoms with Crippen LogP contribution in [-0.4, -0.2) is 42.4 Å². The van der Waals surface area contributed by atoms with Gasteiger partial charge in [0.05, 0.1) is 30.4 Å². The van der Waals surface area contributed by atoms with Gasteiger partial charge in [0.15, 0.2) is 0 Å². The van der Waals surface area contributed by atoms with Crippen molar-refractivity contribution >= 4 is 11.6 Å². The molecule has 17 heavy (non-hydrogen) atoms. The minimum absolute atomic E-state index is 0.0150. The molecule has 3 nitrogen and oxygen atoms in total. The van der Waals surface area contributed by atoms with Gasteiger partial charge in [0.25, 0.3) is 0 Å². The van der Waals surface area contributed by atoms with Crippen molar-refractivity contribution in [3.63, 3.8) is 0 Å². The topological polar surface area (TPSA) is 32.7 Å². The van der Waals surface area contributed by atoms with E-state index in [1.165, 1.54) is 6.07 Å². The molecule has 0 aliphatic carbocycles. The highest BCUT2D eigenvalue weighted by Gasteiger charge is 2.29. The summed E-state index contributed by atoms with van der Waals surface area (Å²) in [6.07, 6.45) is -0.462. The van der Waals surface area contributed by atoms with E-state index in [9.17, 15) is 9.50 Å². The van der Waals surface area contributed by atoms with E-state index in [-0.39, 0.29) is 11.1 Å². The number of benzene rings is 1. The van der Waals surface area contributed by atoms with E-state index in [1.54, 1.807) is 12.1 Å². The second kappa shape index (κ2) is 5.31. The zero-order chi connectivity index (χ0) is 12.4. The first-order valence-corrected chi connectivity index (χ1v) is 5.85. The largest absolute Gasteiger partial charge is 0.389 e. The van der Waals surface area contributed by atoms with E-state index < -0.39 is 11.9 Å². The van der Waals surface area contributed by atoms with Crippen LogP contribution in [0.3, 0.4) is 0 Å².